The molecule has 0 spiro atoms. The minimum Gasteiger partial charge on any atom is -0.207 e. The van der Waals surface area contributed by atoms with Gasteiger partial charge < -0.3 is 0 Å². The van der Waals surface area contributed by atoms with E-state index in [1.807, 2.05) is 12.1 Å². The van der Waals surface area contributed by atoms with E-state index in [0.717, 1.165) is 18.3 Å². The molecular formula is C22H27F. The van der Waals surface area contributed by atoms with Gasteiger partial charge in [0.15, 0.2) is 0 Å². The fraction of sp³-hybridized carbons (Fsp3) is 0.455. The summed E-state index contributed by atoms with van der Waals surface area (Å²) in [4.78, 5) is 0. The molecule has 2 aromatic rings. The summed E-state index contributed by atoms with van der Waals surface area (Å²) in [6.07, 6.45) is 9.11. The highest BCUT2D eigenvalue weighted by Gasteiger charge is 2.21. The normalized spacial score (nSPS) is 21.3. The smallest absolute Gasteiger partial charge is 0.123 e. The number of hydrogen-bond acceptors (Lipinski definition) is 0. The van der Waals surface area contributed by atoms with Gasteiger partial charge in [0.25, 0.3) is 0 Å². The van der Waals surface area contributed by atoms with Gasteiger partial charge in [0.05, 0.1) is 0 Å². The van der Waals surface area contributed by atoms with Crippen LogP contribution in [0.15, 0.2) is 48.5 Å². The van der Waals surface area contributed by atoms with E-state index in [9.17, 15) is 4.39 Å². The molecule has 0 radical (unpaired) electrons. The van der Waals surface area contributed by atoms with E-state index >= 15 is 0 Å². The standard InChI is InChI=1S/C22H27F/c1-2-3-17-4-10-20(11-5-17)21-12-6-18(7-13-21)16-19-8-14-22(23)15-9-19/h6-9,12-15,17,20H,2-5,10-11,16H2,1H3. The zero-order valence-electron chi connectivity index (χ0n) is 14.1. The summed E-state index contributed by atoms with van der Waals surface area (Å²) < 4.78 is 13.0. The van der Waals surface area contributed by atoms with Crippen molar-refractivity contribution in [3.63, 3.8) is 0 Å². The summed E-state index contributed by atoms with van der Waals surface area (Å²) in [5.41, 5.74) is 3.97. The topological polar surface area (TPSA) is 0 Å². The molecule has 0 nitrogen and oxygen atoms in total. The Morgan fingerprint density at radius 3 is 1.96 bits per heavy atom. The molecular weight excluding hydrogens is 283 g/mol. The molecule has 2 aromatic carbocycles. The molecule has 1 fully saturated rings. The monoisotopic (exact) mass is 310 g/mol. The van der Waals surface area contributed by atoms with Crippen LogP contribution in [-0.2, 0) is 6.42 Å². The van der Waals surface area contributed by atoms with Crippen LogP contribution in [0.3, 0.4) is 0 Å². The molecule has 1 heteroatoms. The van der Waals surface area contributed by atoms with Gasteiger partial charge in [-0.05, 0) is 72.8 Å². The van der Waals surface area contributed by atoms with Crippen LogP contribution in [0.2, 0.25) is 0 Å². The van der Waals surface area contributed by atoms with Crippen molar-refractivity contribution in [1.29, 1.82) is 0 Å². The van der Waals surface area contributed by atoms with Gasteiger partial charge in [-0.15, -0.1) is 0 Å². The van der Waals surface area contributed by atoms with E-state index in [1.54, 1.807) is 12.1 Å². The first kappa shape index (κ1) is 16.2. The van der Waals surface area contributed by atoms with Crippen LogP contribution in [0.1, 0.15) is 68.1 Å². The van der Waals surface area contributed by atoms with Crippen LogP contribution in [0.4, 0.5) is 4.39 Å². The third kappa shape index (κ3) is 4.43. The minimum absolute atomic E-state index is 0.164. The number of benzene rings is 2. The van der Waals surface area contributed by atoms with Crippen molar-refractivity contribution in [2.75, 3.05) is 0 Å². The zero-order chi connectivity index (χ0) is 16.1. The second kappa shape index (κ2) is 7.77. The maximum Gasteiger partial charge on any atom is 0.123 e. The molecule has 0 N–H and O–H groups in total. The highest BCUT2D eigenvalue weighted by Crippen LogP contribution is 2.37. The fourth-order valence-corrected chi connectivity index (χ4v) is 3.94. The van der Waals surface area contributed by atoms with Gasteiger partial charge >= 0.3 is 0 Å². The van der Waals surface area contributed by atoms with E-state index in [1.165, 1.54) is 55.2 Å². The molecule has 0 atom stereocenters. The Morgan fingerprint density at radius 1 is 0.826 bits per heavy atom. The van der Waals surface area contributed by atoms with Crippen molar-refractivity contribution in [3.05, 3.63) is 71.0 Å². The maximum atomic E-state index is 13.0. The van der Waals surface area contributed by atoms with Crippen molar-refractivity contribution >= 4 is 0 Å². The maximum absolute atomic E-state index is 13.0. The lowest BCUT2D eigenvalue weighted by Crippen LogP contribution is -2.13. The van der Waals surface area contributed by atoms with Gasteiger partial charge in [0.2, 0.25) is 0 Å². The van der Waals surface area contributed by atoms with Crippen molar-refractivity contribution in [2.24, 2.45) is 5.92 Å². The summed E-state index contributed by atoms with van der Waals surface area (Å²) in [5, 5.41) is 0. The van der Waals surface area contributed by atoms with Crippen LogP contribution >= 0.6 is 0 Å². The Hall–Kier alpha value is -1.63. The van der Waals surface area contributed by atoms with Gasteiger partial charge in [-0.25, -0.2) is 4.39 Å². The highest BCUT2D eigenvalue weighted by atomic mass is 19.1. The summed E-state index contributed by atoms with van der Waals surface area (Å²) in [7, 11) is 0. The summed E-state index contributed by atoms with van der Waals surface area (Å²) >= 11 is 0. The van der Waals surface area contributed by atoms with E-state index in [0.29, 0.717) is 0 Å². The van der Waals surface area contributed by atoms with Crippen molar-refractivity contribution in [2.45, 2.75) is 57.8 Å². The average molecular weight is 310 g/mol. The molecule has 1 saturated carbocycles. The number of halogens is 1. The zero-order valence-corrected chi connectivity index (χ0v) is 14.1. The molecule has 0 saturated heterocycles. The van der Waals surface area contributed by atoms with E-state index in [-0.39, 0.29) is 5.82 Å². The highest BCUT2D eigenvalue weighted by molar-refractivity contribution is 5.30. The molecule has 0 aliphatic heterocycles. The van der Waals surface area contributed by atoms with Gasteiger partial charge in [-0.3, -0.25) is 0 Å². The Balaban J connectivity index is 1.58. The third-order valence-electron chi connectivity index (χ3n) is 5.32. The lowest BCUT2D eigenvalue weighted by Gasteiger charge is -2.28. The predicted octanol–water partition coefficient (Wildman–Crippen LogP) is 6.49. The number of rotatable bonds is 5. The van der Waals surface area contributed by atoms with Crippen molar-refractivity contribution in [1.82, 2.24) is 0 Å². The molecule has 23 heavy (non-hydrogen) atoms. The molecule has 1 aliphatic carbocycles. The quantitative estimate of drug-likeness (QED) is 0.592. The molecule has 0 heterocycles. The van der Waals surface area contributed by atoms with E-state index in [2.05, 4.69) is 31.2 Å². The molecule has 0 bridgehead atoms. The minimum atomic E-state index is -0.164. The Morgan fingerprint density at radius 2 is 1.39 bits per heavy atom. The average Bonchev–Trinajstić information content (AvgIpc) is 2.59. The van der Waals surface area contributed by atoms with Gasteiger partial charge in [0, 0.05) is 0 Å². The largest absolute Gasteiger partial charge is 0.207 e. The first-order valence-corrected chi connectivity index (χ1v) is 9.08. The molecule has 0 amide bonds. The summed E-state index contributed by atoms with van der Waals surface area (Å²) in [6.45, 7) is 2.30. The van der Waals surface area contributed by atoms with Gasteiger partial charge in [-0.2, -0.15) is 0 Å². The Labute approximate surface area is 139 Å². The first-order valence-electron chi connectivity index (χ1n) is 9.08. The summed E-state index contributed by atoms with van der Waals surface area (Å²) in [6, 6.07) is 15.9. The lowest BCUT2D eigenvalue weighted by molar-refractivity contribution is 0.308. The molecule has 0 unspecified atom stereocenters. The van der Waals surface area contributed by atoms with E-state index < -0.39 is 0 Å². The van der Waals surface area contributed by atoms with E-state index in [4.69, 9.17) is 0 Å². The third-order valence-corrected chi connectivity index (χ3v) is 5.32. The van der Waals surface area contributed by atoms with Crippen LogP contribution in [0, 0.1) is 11.7 Å². The first-order chi connectivity index (χ1) is 11.2. The van der Waals surface area contributed by atoms with Crippen LogP contribution in [0.25, 0.3) is 0 Å². The second-order valence-corrected chi connectivity index (χ2v) is 7.05. The number of hydrogen-bond donors (Lipinski definition) is 0. The van der Waals surface area contributed by atoms with Crippen molar-refractivity contribution < 1.29 is 4.39 Å². The lowest BCUT2D eigenvalue weighted by atomic mass is 9.77. The second-order valence-electron chi connectivity index (χ2n) is 7.05. The van der Waals surface area contributed by atoms with Crippen molar-refractivity contribution in [3.8, 4) is 0 Å². The Kier molecular flexibility index (Phi) is 5.48. The van der Waals surface area contributed by atoms with Gasteiger partial charge in [0.1, 0.15) is 5.82 Å². The molecule has 122 valence electrons. The predicted molar refractivity (Wildman–Crippen MR) is 95.3 cm³/mol. The Bertz CT molecular complexity index is 589. The SMILES string of the molecule is CCCC1CCC(c2ccc(Cc3ccc(F)cc3)cc2)CC1. The molecule has 0 aromatic heterocycles. The summed E-state index contributed by atoms with van der Waals surface area (Å²) in [5.74, 6) is 1.56. The van der Waals surface area contributed by atoms with Crippen LogP contribution in [-0.4, -0.2) is 0 Å². The molecule has 1 aliphatic rings. The fourth-order valence-electron chi connectivity index (χ4n) is 3.94. The van der Waals surface area contributed by atoms with Crippen LogP contribution < -0.4 is 0 Å². The van der Waals surface area contributed by atoms with Crippen LogP contribution in [0.5, 0.6) is 0 Å². The van der Waals surface area contributed by atoms with Gasteiger partial charge in [-0.1, -0.05) is 56.2 Å². The molecule has 3 rings (SSSR count).